The number of carboxylic acids is 1. The Morgan fingerprint density at radius 1 is 1.38 bits per heavy atom. The Morgan fingerprint density at radius 3 is 2.83 bits per heavy atom. The monoisotopic (exact) mass is 418 g/mol. The summed E-state index contributed by atoms with van der Waals surface area (Å²) in [6.07, 6.45) is 1.37. The van der Waals surface area contributed by atoms with E-state index in [1.54, 1.807) is 37.1 Å². The molecule has 0 aliphatic carbocycles. The van der Waals surface area contributed by atoms with E-state index in [1.165, 1.54) is 19.5 Å². The molecule has 9 heteroatoms. The number of rotatable bonds is 7. The number of nitrogens with one attached hydrogen (secondary N) is 1. The SMILES string of the molecule is COc1cc2ncnc(Nc3cccc(Cl)c3F)c2cc1CN(C)[C@H](C)C(=O)O. The first-order valence-electron chi connectivity index (χ1n) is 8.77. The molecule has 3 aromatic rings. The van der Waals surface area contributed by atoms with Gasteiger partial charge in [-0.25, -0.2) is 14.4 Å². The Balaban J connectivity index is 2.04. The van der Waals surface area contributed by atoms with Crippen molar-refractivity contribution in [3.05, 3.63) is 53.1 Å². The number of hydrogen-bond donors (Lipinski definition) is 2. The van der Waals surface area contributed by atoms with Crippen LogP contribution in [0.15, 0.2) is 36.7 Å². The van der Waals surface area contributed by atoms with Gasteiger partial charge in [0, 0.05) is 23.6 Å². The number of aromatic nitrogens is 2. The second-order valence-electron chi connectivity index (χ2n) is 6.56. The molecule has 3 rings (SSSR count). The van der Waals surface area contributed by atoms with Crippen LogP contribution in [0.3, 0.4) is 0 Å². The third-order valence-corrected chi connectivity index (χ3v) is 4.97. The highest BCUT2D eigenvalue weighted by Gasteiger charge is 2.19. The maximum absolute atomic E-state index is 14.3. The summed E-state index contributed by atoms with van der Waals surface area (Å²) in [4.78, 5) is 21.4. The molecule has 1 aromatic heterocycles. The van der Waals surface area contributed by atoms with Crippen LogP contribution in [-0.2, 0) is 11.3 Å². The van der Waals surface area contributed by atoms with Crippen molar-refractivity contribution >= 4 is 40.0 Å². The quantitative estimate of drug-likeness (QED) is 0.597. The van der Waals surface area contributed by atoms with Crippen molar-refractivity contribution in [3.8, 4) is 5.75 Å². The molecule has 7 nitrogen and oxygen atoms in total. The van der Waals surface area contributed by atoms with Gasteiger partial charge >= 0.3 is 5.97 Å². The molecule has 0 bridgehead atoms. The van der Waals surface area contributed by atoms with Crippen molar-refractivity contribution < 1.29 is 19.0 Å². The van der Waals surface area contributed by atoms with Crippen molar-refractivity contribution in [1.82, 2.24) is 14.9 Å². The van der Waals surface area contributed by atoms with Gasteiger partial charge in [0.05, 0.1) is 23.3 Å². The number of nitrogens with zero attached hydrogens (tertiary/aromatic N) is 3. The summed E-state index contributed by atoms with van der Waals surface area (Å²) in [6.45, 7) is 1.93. The summed E-state index contributed by atoms with van der Waals surface area (Å²) >= 11 is 5.86. The zero-order valence-electron chi connectivity index (χ0n) is 16.1. The highest BCUT2D eigenvalue weighted by Crippen LogP contribution is 2.32. The fraction of sp³-hybridized carbons (Fsp3) is 0.250. The van der Waals surface area contributed by atoms with Crippen molar-refractivity contribution in [2.24, 2.45) is 0 Å². The largest absolute Gasteiger partial charge is 0.496 e. The first kappa shape index (κ1) is 20.8. The van der Waals surface area contributed by atoms with E-state index >= 15 is 0 Å². The number of carboxylic acid groups (broad SMARTS) is 1. The summed E-state index contributed by atoms with van der Waals surface area (Å²) in [6, 6.07) is 7.52. The molecule has 1 atom stereocenters. The number of benzene rings is 2. The average molecular weight is 419 g/mol. The summed E-state index contributed by atoms with van der Waals surface area (Å²) in [5, 5.41) is 12.8. The van der Waals surface area contributed by atoms with Crippen LogP contribution in [0.5, 0.6) is 5.75 Å². The van der Waals surface area contributed by atoms with E-state index in [-0.39, 0.29) is 10.7 Å². The van der Waals surface area contributed by atoms with Gasteiger partial charge in [0.1, 0.15) is 23.9 Å². The Morgan fingerprint density at radius 2 is 2.14 bits per heavy atom. The average Bonchev–Trinajstić information content (AvgIpc) is 2.70. The van der Waals surface area contributed by atoms with E-state index in [4.69, 9.17) is 16.3 Å². The topological polar surface area (TPSA) is 87.6 Å². The number of methoxy groups -OCH3 is 1. The zero-order chi connectivity index (χ0) is 21.1. The van der Waals surface area contributed by atoms with Crippen molar-refractivity contribution in [1.29, 1.82) is 0 Å². The highest BCUT2D eigenvalue weighted by molar-refractivity contribution is 6.31. The smallest absolute Gasteiger partial charge is 0.320 e. The molecular formula is C20H20ClFN4O3. The van der Waals surface area contributed by atoms with Gasteiger partial charge in [0.2, 0.25) is 0 Å². The van der Waals surface area contributed by atoms with E-state index in [2.05, 4.69) is 15.3 Å². The standard InChI is InChI=1S/C20H20ClFN4O3/c1-11(20(27)28)26(2)9-12-7-13-16(8-17(12)29-3)23-10-24-19(13)25-15-6-4-5-14(21)18(15)22/h4-8,10-11H,9H2,1-3H3,(H,27,28)(H,23,24,25)/t11-/m1/s1. The molecule has 0 unspecified atom stereocenters. The normalized spacial score (nSPS) is 12.2. The number of carbonyl (C=O) groups is 1. The second kappa shape index (κ2) is 8.59. The number of aliphatic carboxylic acids is 1. The van der Waals surface area contributed by atoms with E-state index in [1.807, 2.05) is 6.07 Å². The molecule has 0 amide bonds. The fourth-order valence-electron chi connectivity index (χ4n) is 2.86. The third-order valence-electron chi connectivity index (χ3n) is 4.68. The lowest BCUT2D eigenvalue weighted by Gasteiger charge is -2.22. The number of ether oxygens (including phenoxy) is 1. The van der Waals surface area contributed by atoms with Crippen LogP contribution < -0.4 is 10.1 Å². The summed E-state index contributed by atoms with van der Waals surface area (Å²) < 4.78 is 19.8. The first-order chi connectivity index (χ1) is 13.8. The van der Waals surface area contributed by atoms with Crippen LogP contribution in [0.2, 0.25) is 5.02 Å². The molecule has 0 fully saturated rings. The number of anilines is 2. The molecule has 29 heavy (non-hydrogen) atoms. The first-order valence-corrected chi connectivity index (χ1v) is 9.15. The van der Waals surface area contributed by atoms with E-state index in [9.17, 15) is 14.3 Å². The van der Waals surface area contributed by atoms with Crippen LogP contribution in [0.1, 0.15) is 12.5 Å². The minimum Gasteiger partial charge on any atom is -0.496 e. The molecule has 2 N–H and O–H groups in total. The lowest BCUT2D eigenvalue weighted by molar-refractivity contribution is -0.142. The maximum Gasteiger partial charge on any atom is 0.320 e. The van der Waals surface area contributed by atoms with Gasteiger partial charge in [-0.2, -0.15) is 0 Å². The van der Waals surface area contributed by atoms with Crippen molar-refractivity contribution in [3.63, 3.8) is 0 Å². The number of hydrogen-bond acceptors (Lipinski definition) is 6. The summed E-state index contributed by atoms with van der Waals surface area (Å²) in [5.74, 6) is -0.534. The van der Waals surface area contributed by atoms with Gasteiger partial charge in [-0.1, -0.05) is 17.7 Å². The minimum atomic E-state index is -0.922. The Hall–Kier alpha value is -2.97. The predicted molar refractivity (Wildman–Crippen MR) is 109 cm³/mol. The van der Waals surface area contributed by atoms with Crippen LogP contribution >= 0.6 is 11.6 Å². The molecule has 0 saturated heterocycles. The zero-order valence-corrected chi connectivity index (χ0v) is 16.9. The Labute approximate surface area is 172 Å². The molecular weight excluding hydrogens is 399 g/mol. The van der Waals surface area contributed by atoms with E-state index in [0.717, 1.165) is 5.56 Å². The van der Waals surface area contributed by atoms with Crippen LogP contribution in [0.4, 0.5) is 15.9 Å². The van der Waals surface area contributed by atoms with Gasteiger partial charge < -0.3 is 15.2 Å². The van der Waals surface area contributed by atoms with Gasteiger partial charge in [-0.15, -0.1) is 0 Å². The summed E-state index contributed by atoms with van der Waals surface area (Å²) in [5.41, 5.74) is 1.53. The molecule has 0 spiro atoms. The fourth-order valence-corrected chi connectivity index (χ4v) is 3.04. The van der Waals surface area contributed by atoms with Crippen molar-refractivity contribution in [2.45, 2.75) is 19.5 Å². The van der Waals surface area contributed by atoms with Gasteiger partial charge in [-0.05, 0) is 32.2 Å². The van der Waals surface area contributed by atoms with Gasteiger partial charge in [0.25, 0.3) is 0 Å². The number of likely N-dealkylation sites (N-methyl/N-ethyl adjacent to an activating group) is 1. The van der Waals surface area contributed by atoms with E-state index in [0.29, 0.717) is 29.0 Å². The number of halogens is 2. The Bertz CT molecular complexity index is 1060. The van der Waals surface area contributed by atoms with Crippen LogP contribution in [0.25, 0.3) is 10.9 Å². The third kappa shape index (κ3) is 4.38. The highest BCUT2D eigenvalue weighted by atomic mass is 35.5. The summed E-state index contributed by atoms with van der Waals surface area (Å²) in [7, 11) is 3.25. The second-order valence-corrected chi connectivity index (χ2v) is 6.97. The van der Waals surface area contributed by atoms with Crippen LogP contribution in [-0.4, -0.2) is 46.1 Å². The van der Waals surface area contributed by atoms with E-state index < -0.39 is 17.8 Å². The molecule has 152 valence electrons. The molecule has 1 heterocycles. The lowest BCUT2D eigenvalue weighted by atomic mass is 10.1. The maximum atomic E-state index is 14.3. The molecule has 0 aliphatic heterocycles. The minimum absolute atomic E-state index is 0.00000277. The Kier molecular flexibility index (Phi) is 6.14. The molecule has 0 radical (unpaired) electrons. The predicted octanol–water partition coefficient (Wildman–Crippen LogP) is 4.08. The molecule has 0 saturated carbocycles. The van der Waals surface area contributed by atoms with Gasteiger partial charge in [0.15, 0.2) is 5.82 Å². The van der Waals surface area contributed by atoms with Crippen LogP contribution in [0, 0.1) is 5.82 Å². The molecule has 0 aliphatic rings. The van der Waals surface area contributed by atoms with Gasteiger partial charge in [-0.3, -0.25) is 9.69 Å². The molecule has 2 aromatic carbocycles. The van der Waals surface area contributed by atoms with Crippen molar-refractivity contribution in [2.75, 3.05) is 19.5 Å². The lowest BCUT2D eigenvalue weighted by Crippen LogP contribution is -2.35. The number of fused-ring (bicyclic) bond motifs is 1.